The van der Waals surface area contributed by atoms with Crippen LogP contribution in [0.25, 0.3) is 27.2 Å². The number of piperidine rings is 1. The number of carbonyl (C=O) groups excluding carboxylic acids is 1. The first-order chi connectivity index (χ1) is 19.6. The number of allylic oxidation sites excluding steroid dienone is 1. The Morgan fingerprint density at radius 3 is 2.66 bits per heavy atom. The Hall–Kier alpha value is -4.22. The summed E-state index contributed by atoms with van der Waals surface area (Å²) in [5.74, 6) is -1.09. The first-order valence-electron chi connectivity index (χ1n) is 13.3. The third-order valence-corrected chi connectivity index (χ3v) is 8.30. The molecule has 0 bridgehead atoms. The number of aromatic nitrogens is 4. The second-order valence-electron chi connectivity index (χ2n) is 10.1. The van der Waals surface area contributed by atoms with E-state index in [1.165, 1.54) is 17.4 Å². The Morgan fingerprint density at radius 2 is 2.00 bits per heavy atom. The summed E-state index contributed by atoms with van der Waals surface area (Å²) in [6.07, 6.45) is 7.49. The monoisotopic (exact) mass is 576 g/mol. The number of amides is 1. The van der Waals surface area contributed by atoms with Crippen LogP contribution in [0.15, 0.2) is 79.4 Å². The molecule has 1 amide bonds. The van der Waals surface area contributed by atoms with Crippen molar-refractivity contribution < 1.29 is 18.7 Å². The van der Waals surface area contributed by atoms with E-state index in [-0.39, 0.29) is 28.1 Å². The number of rotatable bonds is 10. The van der Waals surface area contributed by atoms with Gasteiger partial charge in [0.25, 0.3) is 5.91 Å². The van der Waals surface area contributed by atoms with E-state index >= 15 is 4.39 Å². The van der Waals surface area contributed by atoms with Gasteiger partial charge in [-0.3, -0.25) is 14.0 Å². The number of primary amides is 1. The molecule has 1 aromatic carbocycles. The van der Waals surface area contributed by atoms with E-state index in [1.807, 2.05) is 43.1 Å². The molecule has 5 rings (SSSR count). The molecule has 0 aliphatic carbocycles. The molecule has 2 N–H and O–H groups in total. The fraction of sp³-hybridized carbons (Fsp3) is 0.300. The van der Waals surface area contributed by atoms with Crippen molar-refractivity contribution in [1.82, 2.24) is 24.2 Å². The fourth-order valence-electron chi connectivity index (χ4n) is 4.88. The van der Waals surface area contributed by atoms with Crippen LogP contribution >= 0.6 is 11.3 Å². The molecular formula is C30H33FN6O3S. The Morgan fingerprint density at radius 1 is 1.24 bits per heavy atom. The molecule has 4 heterocycles. The number of fused-ring (bicyclic) bond motifs is 1. The maximum atomic E-state index is 15.5. The van der Waals surface area contributed by atoms with Crippen LogP contribution in [-0.4, -0.2) is 62.5 Å². The van der Waals surface area contributed by atoms with Crippen LogP contribution in [0, 0.1) is 0 Å². The lowest BCUT2D eigenvalue weighted by atomic mass is 10.1. The first-order valence-corrected chi connectivity index (χ1v) is 14.1. The molecule has 1 atom stereocenters. The molecule has 0 saturated carbocycles. The quantitative estimate of drug-likeness (QED) is 0.201. The first kappa shape index (κ1) is 28.3. The third kappa shape index (κ3) is 5.96. The van der Waals surface area contributed by atoms with Gasteiger partial charge in [0, 0.05) is 43.5 Å². The van der Waals surface area contributed by atoms with Crippen molar-refractivity contribution in [2.45, 2.75) is 32.0 Å². The number of thiophene rings is 1. The fourth-order valence-corrected chi connectivity index (χ4v) is 5.81. The number of benzene rings is 1. The number of carbonyl (C=O) groups is 1. The third-order valence-electron chi connectivity index (χ3n) is 7.17. The number of hydrogen-bond acceptors (Lipinski definition) is 7. The topological polar surface area (TPSA) is 100 Å². The van der Waals surface area contributed by atoms with E-state index in [2.05, 4.69) is 28.1 Å². The number of imidazole rings is 1. The summed E-state index contributed by atoms with van der Waals surface area (Å²) in [5, 5.41) is 4.91. The van der Waals surface area contributed by atoms with Crippen LogP contribution in [-0.2, 0) is 11.8 Å². The van der Waals surface area contributed by atoms with Crippen molar-refractivity contribution in [2.75, 3.05) is 20.1 Å². The van der Waals surface area contributed by atoms with Gasteiger partial charge < -0.3 is 20.1 Å². The Balaban J connectivity index is 1.38. The molecule has 41 heavy (non-hydrogen) atoms. The molecule has 1 aliphatic rings. The number of halogens is 1. The van der Waals surface area contributed by atoms with Gasteiger partial charge in [-0.25, -0.2) is 9.37 Å². The summed E-state index contributed by atoms with van der Waals surface area (Å²) >= 11 is 1.17. The van der Waals surface area contributed by atoms with Gasteiger partial charge in [0.2, 0.25) is 0 Å². The van der Waals surface area contributed by atoms with E-state index < -0.39 is 17.8 Å². The number of nitrogens with two attached hydrogens (primary N) is 1. The molecule has 3 aromatic heterocycles. The highest BCUT2D eigenvalue weighted by molar-refractivity contribution is 7.16. The van der Waals surface area contributed by atoms with Crippen molar-refractivity contribution in [3.8, 4) is 21.9 Å². The van der Waals surface area contributed by atoms with Gasteiger partial charge in [-0.2, -0.15) is 5.10 Å². The van der Waals surface area contributed by atoms with Crippen molar-refractivity contribution in [2.24, 2.45) is 12.8 Å². The number of aryl methyl sites for hydroxylation is 1. The van der Waals surface area contributed by atoms with E-state index in [9.17, 15) is 4.79 Å². The van der Waals surface area contributed by atoms with E-state index in [4.69, 9.17) is 15.2 Å². The van der Waals surface area contributed by atoms with E-state index in [1.54, 1.807) is 30.2 Å². The predicted molar refractivity (Wildman–Crippen MR) is 159 cm³/mol. The van der Waals surface area contributed by atoms with Crippen LogP contribution in [0.5, 0.6) is 5.75 Å². The minimum atomic E-state index is -0.799. The van der Waals surface area contributed by atoms with Crippen molar-refractivity contribution in [1.29, 1.82) is 0 Å². The van der Waals surface area contributed by atoms with Gasteiger partial charge in [0.15, 0.2) is 5.83 Å². The molecule has 214 valence electrons. The zero-order chi connectivity index (χ0) is 29.3. The number of ether oxygens (including phenoxy) is 2. The predicted octanol–water partition coefficient (Wildman–Crippen LogP) is 5.39. The lowest BCUT2D eigenvalue weighted by Gasteiger charge is -2.30. The van der Waals surface area contributed by atoms with Crippen LogP contribution in [0.3, 0.4) is 0 Å². The zero-order valence-corrected chi connectivity index (χ0v) is 24.2. The smallest absolute Gasteiger partial charge is 0.262 e. The van der Waals surface area contributed by atoms with Crippen molar-refractivity contribution in [3.63, 3.8) is 0 Å². The van der Waals surface area contributed by atoms with Crippen LogP contribution < -0.4 is 10.5 Å². The standard InChI is InChI=1S/C30H33FN6O3S/c1-6-23(28(31)19(3)39-22-9-11-35(4)12-10-22)18(2)40-26-14-27(41-29(26)30(32)38)37-17-33-24-13-20(7-8-25(24)37)21-15-34-36(5)16-21/h6-8,13-18,22H,1,3,9-12H2,2,4-5H3,(H2,32,38)/b28-23-. The molecule has 1 unspecified atom stereocenters. The summed E-state index contributed by atoms with van der Waals surface area (Å²) in [5.41, 5.74) is 9.46. The number of likely N-dealkylation sites (tertiary alicyclic amines) is 1. The van der Waals surface area contributed by atoms with Gasteiger partial charge in [0.1, 0.15) is 39.9 Å². The average molecular weight is 577 g/mol. The maximum absolute atomic E-state index is 15.5. The molecule has 11 heteroatoms. The zero-order valence-electron chi connectivity index (χ0n) is 23.3. The van der Waals surface area contributed by atoms with Crippen LogP contribution in [0.4, 0.5) is 4.39 Å². The lowest BCUT2D eigenvalue weighted by molar-refractivity contribution is 0.0582. The lowest BCUT2D eigenvalue weighted by Crippen LogP contribution is -2.34. The summed E-state index contributed by atoms with van der Waals surface area (Å²) in [4.78, 5) is 19.3. The minimum Gasteiger partial charge on any atom is -0.488 e. The SMILES string of the molecule is C=C/C(=C(/F)C(=C)OC1CCN(C)CC1)C(C)Oc1cc(-n2cnc3cc(-c4cnn(C)c4)ccc32)sc1C(N)=O. The Labute approximate surface area is 242 Å². The van der Waals surface area contributed by atoms with Crippen molar-refractivity contribution in [3.05, 3.63) is 84.3 Å². The van der Waals surface area contributed by atoms with Crippen LogP contribution in [0.1, 0.15) is 29.4 Å². The van der Waals surface area contributed by atoms with Crippen LogP contribution in [0.2, 0.25) is 0 Å². The maximum Gasteiger partial charge on any atom is 0.262 e. The van der Waals surface area contributed by atoms with Gasteiger partial charge >= 0.3 is 0 Å². The Kier molecular flexibility index (Phi) is 8.09. The van der Waals surface area contributed by atoms with Gasteiger partial charge in [-0.15, -0.1) is 11.3 Å². The van der Waals surface area contributed by atoms with Crippen molar-refractivity contribution >= 4 is 28.3 Å². The highest BCUT2D eigenvalue weighted by Crippen LogP contribution is 2.36. The summed E-state index contributed by atoms with van der Waals surface area (Å²) in [7, 11) is 3.92. The molecule has 0 spiro atoms. The normalized spacial score (nSPS) is 15.9. The number of nitrogens with zero attached hydrogens (tertiary/aromatic N) is 5. The van der Waals surface area contributed by atoms with Gasteiger partial charge in [-0.05, 0) is 44.5 Å². The minimum absolute atomic E-state index is 0.0541. The number of hydrogen-bond donors (Lipinski definition) is 1. The second-order valence-corrected chi connectivity index (χ2v) is 11.2. The second kappa shape index (κ2) is 11.7. The summed E-state index contributed by atoms with van der Waals surface area (Å²) < 4.78 is 31.0. The molecular weight excluding hydrogens is 543 g/mol. The van der Waals surface area contributed by atoms with Gasteiger partial charge in [-0.1, -0.05) is 25.3 Å². The molecule has 1 aliphatic heterocycles. The highest BCUT2D eigenvalue weighted by Gasteiger charge is 2.25. The van der Waals surface area contributed by atoms with E-state index in [0.29, 0.717) is 5.00 Å². The molecule has 9 nitrogen and oxygen atoms in total. The molecule has 0 radical (unpaired) electrons. The average Bonchev–Trinajstić information content (AvgIpc) is 3.68. The molecule has 1 fully saturated rings. The largest absolute Gasteiger partial charge is 0.488 e. The Bertz CT molecular complexity index is 1640. The molecule has 1 saturated heterocycles. The van der Waals surface area contributed by atoms with E-state index in [0.717, 1.165) is 48.1 Å². The highest BCUT2D eigenvalue weighted by atomic mass is 32.1. The summed E-state index contributed by atoms with van der Waals surface area (Å²) in [6, 6.07) is 7.64. The molecule has 4 aromatic rings. The van der Waals surface area contributed by atoms with Gasteiger partial charge in [0.05, 0.1) is 17.2 Å². The summed E-state index contributed by atoms with van der Waals surface area (Å²) in [6.45, 7) is 11.0.